The van der Waals surface area contributed by atoms with E-state index in [-0.39, 0.29) is 5.56 Å². The van der Waals surface area contributed by atoms with Crippen LogP contribution in [0.2, 0.25) is 0 Å². The SMILES string of the molecule is O=C(NCCCN1CCN(c2ccccc2)CC1)c1ccc(F)cc1F. The first kappa shape index (κ1) is 18.3. The molecule has 1 saturated heterocycles. The molecule has 2 aromatic carbocycles. The van der Waals surface area contributed by atoms with Crippen molar-refractivity contribution in [3.63, 3.8) is 0 Å². The molecule has 0 radical (unpaired) electrons. The number of hydrogen-bond donors (Lipinski definition) is 1. The maximum absolute atomic E-state index is 13.6. The number of nitrogens with one attached hydrogen (secondary N) is 1. The van der Waals surface area contributed by atoms with Crippen LogP contribution in [0.1, 0.15) is 16.8 Å². The maximum Gasteiger partial charge on any atom is 0.254 e. The molecule has 0 aliphatic carbocycles. The highest BCUT2D eigenvalue weighted by Gasteiger charge is 2.17. The average Bonchev–Trinajstić information content (AvgIpc) is 2.66. The van der Waals surface area contributed by atoms with Gasteiger partial charge in [0.15, 0.2) is 0 Å². The van der Waals surface area contributed by atoms with Gasteiger partial charge >= 0.3 is 0 Å². The molecule has 138 valence electrons. The number of benzene rings is 2. The van der Waals surface area contributed by atoms with E-state index in [1.165, 1.54) is 11.8 Å². The number of nitrogens with zero attached hydrogens (tertiary/aromatic N) is 2. The summed E-state index contributed by atoms with van der Waals surface area (Å²) in [7, 11) is 0. The Morgan fingerprint density at radius 2 is 1.73 bits per heavy atom. The topological polar surface area (TPSA) is 35.6 Å². The minimum atomic E-state index is -0.834. The standard InChI is InChI=1S/C20H23F2N3O/c21-16-7-8-18(19(22)15-16)20(26)23-9-4-10-24-11-13-25(14-12-24)17-5-2-1-3-6-17/h1-3,5-8,15H,4,9-14H2,(H,23,26). The van der Waals surface area contributed by atoms with Gasteiger partial charge < -0.3 is 10.2 Å². The van der Waals surface area contributed by atoms with Crippen molar-refractivity contribution in [2.24, 2.45) is 0 Å². The Balaban J connectivity index is 1.36. The Bertz CT molecular complexity index is 731. The van der Waals surface area contributed by atoms with Crippen molar-refractivity contribution in [3.8, 4) is 0 Å². The van der Waals surface area contributed by atoms with Crippen LogP contribution < -0.4 is 10.2 Å². The molecular formula is C20H23F2N3O. The zero-order valence-electron chi connectivity index (χ0n) is 14.6. The van der Waals surface area contributed by atoms with Crippen LogP contribution >= 0.6 is 0 Å². The molecule has 0 saturated carbocycles. The summed E-state index contributed by atoms with van der Waals surface area (Å²) in [5.41, 5.74) is 1.13. The summed E-state index contributed by atoms with van der Waals surface area (Å²) in [4.78, 5) is 16.7. The second kappa shape index (κ2) is 8.76. The largest absolute Gasteiger partial charge is 0.369 e. The Kier molecular flexibility index (Phi) is 6.17. The van der Waals surface area contributed by atoms with E-state index >= 15 is 0 Å². The van der Waals surface area contributed by atoms with Gasteiger partial charge in [-0.3, -0.25) is 9.69 Å². The molecule has 2 aromatic rings. The third kappa shape index (κ3) is 4.79. The minimum Gasteiger partial charge on any atom is -0.369 e. The van der Waals surface area contributed by atoms with Crippen LogP contribution in [0.3, 0.4) is 0 Å². The fourth-order valence-electron chi connectivity index (χ4n) is 3.14. The lowest BCUT2D eigenvalue weighted by molar-refractivity contribution is 0.0947. The lowest BCUT2D eigenvalue weighted by Crippen LogP contribution is -2.47. The van der Waals surface area contributed by atoms with Gasteiger partial charge in [-0.05, 0) is 37.2 Å². The van der Waals surface area contributed by atoms with Crippen molar-refractivity contribution in [1.29, 1.82) is 0 Å². The minimum absolute atomic E-state index is 0.122. The molecule has 4 nitrogen and oxygen atoms in total. The molecule has 3 rings (SSSR count). The van der Waals surface area contributed by atoms with Crippen LogP contribution in [-0.2, 0) is 0 Å². The van der Waals surface area contributed by atoms with Gasteiger partial charge in [0, 0.05) is 44.5 Å². The van der Waals surface area contributed by atoms with E-state index in [0.29, 0.717) is 6.54 Å². The number of carbonyl (C=O) groups excluding carboxylic acids is 1. The number of para-hydroxylation sites is 1. The van der Waals surface area contributed by atoms with Crippen molar-refractivity contribution in [2.45, 2.75) is 6.42 Å². The van der Waals surface area contributed by atoms with Crippen LogP contribution in [0, 0.1) is 11.6 Å². The first-order chi connectivity index (χ1) is 12.6. The summed E-state index contributed by atoms with van der Waals surface area (Å²) in [5.74, 6) is -2.02. The smallest absolute Gasteiger partial charge is 0.254 e. The molecule has 6 heteroatoms. The second-order valence-corrected chi connectivity index (χ2v) is 6.40. The number of amides is 1. The number of carbonyl (C=O) groups is 1. The second-order valence-electron chi connectivity index (χ2n) is 6.40. The molecule has 0 aromatic heterocycles. The first-order valence-corrected chi connectivity index (χ1v) is 8.89. The van der Waals surface area contributed by atoms with Crippen molar-refractivity contribution in [1.82, 2.24) is 10.2 Å². The molecule has 1 amide bonds. The van der Waals surface area contributed by atoms with Gasteiger partial charge in [-0.25, -0.2) is 8.78 Å². The van der Waals surface area contributed by atoms with Gasteiger partial charge in [0.2, 0.25) is 0 Å². The Hall–Kier alpha value is -2.47. The van der Waals surface area contributed by atoms with Crippen LogP contribution in [0.15, 0.2) is 48.5 Å². The van der Waals surface area contributed by atoms with Gasteiger partial charge in [0.25, 0.3) is 5.91 Å². The molecule has 1 aliphatic heterocycles. The number of rotatable bonds is 6. The fourth-order valence-corrected chi connectivity index (χ4v) is 3.14. The van der Waals surface area contributed by atoms with Crippen molar-refractivity contribution in [2.75, 3.05) is 44.2 Å². The van der Waals surface area contributed by atoms with Gasteiger partial charge in [0.1, 0.15) is 11.6 Å². The number of hydrogen-bond acceptors (Lipinski definition) is 3. The number of anilines is 1. The molecule has 1 fully saturated rings. The van der Waals surface area contributed by atoms with Gasteiger partial charge in [-0.2, -0.15) is 0 Å². The summed E-state index contributed by atoms with van der Waals surface area (Å²) in [5, 5.41) is 2.69. The third-order valence-electron chi connectivity index (χ3n) is 4.61. The zero-order valence-corrected chi connectivity index (χ0v) is 14.6. The monoisotopic (exact) mass is 359 g/mol. The molecular weight excluding hydrogens is 336 g/mol. The molecule has 1 heterocycles. The van der Waals surface area contributed by atoms with E-state index in [0.717, 1.165) is 51.3 Å². The Labute approximate surface area is 152 Å². The van der Waals surface area contributed by atoms with E-state index in [1.54, 1.807) is 0 Å². The highest BCUT2D eigenvalue weighted by atomic mass is 19.1. The Morgan fingerprint density at radius 3 is 2.42 bits per heavy atom. The van der Waals surface area contributed by atoms with Crippen LogP contribution in [0.25, 0.3) is 0 Å². The molecule has 0 bridgehead atoms. The maximum atomic E-state index is 13.6. The number of piperazine rings is 1. The highest BCUT2D eigenvalue weighted by Crippen LogP contribution is 2.15. The predicted octanol–water partition coefficient (Wildman–Crippen LogP) is 2.91. The molecule has 0 spiro atoms. The first-order valence-electron chi connectivity index (χ1n) is 8.89. The average molecular weight is 359 g/mol. The highest BCUT2D eigenvalue weighted by molar-refractivity contribution is 5.94. The fraction of sp³-hybridized carbons (Fsp3) is 0.350. The van der Waals surface area contributed by atoms with Gasteiger partial charge in [-0.1, -0.05) is 18.2 Å². The zero-order chi connectivity index (χ0) is 18.4. The Morgan fingerprint density at radius 1 is 1.00 bits per heavy atom. The van der Waals surface area contributed by atoms with E-state index in [4.69, 9.17) is 0 Å². The summed E-state index contributed by atoms with van der Waals surface area (Å²) in [6.07, 6.45) is 0.792. The molecule has 0 unspecified atom stereocenters. The van der Waals surface area contributed by atoms with Crippen molar-refractivity contribution in [3.05, 3.63) is 65.7 Å². The molecule has 1 N–H and O–H groups in total. The summed E-state index contributed by atoms with van der Waals surface area (Å²) in [6.45, 7) is 5.28. The van der Waals surface area contributed by atoms with E-state index < -0.39 is 17.5 Å². The normalized spacial score (nSPS) is 15.1. The van der Waals surface area contributed by atoms with Gasteiger partial charge in [0.05, 0.1) is 5.56 Å². The summed E-state index contributed by atoms with van der Waals surface area (Å²) < 4.78 is 26.4. The van der Waals surface area contributed by atoms with Crippen LogP contribution in [-0.4, -0.2) is 50.1 Å². The van der Waals surface area contributed by atoms with E-state index in [2.05, 4.69) is 27.2 Å². The lowest BCUT2D eigenvalue weighted by Gasteiger charge is -2.36. The quantitative estimate of drug-likeness (QED) is 0.806. The van der Waals surface area contributed by atoms with E-state index in [1.807, 2.05) is 18.2 Å². The number of halogens is 2. The van der Waals surface area contributed by atoms with Crippen molar-refractivity contribution < 1.29 is 13.6 Å². The summed E-state index contributed by atoms with van der Waals surface area (Å²) in [6, 6.07) is 13.3. The predicted molar refractivity (Wildman–Crippen MR) is 98.4 cm³/mol. The molecule has 26 heavy (non-hydrogen) atoms. The van der Waals surface area contributed by atoms with Gasteiger partial charge in [-0.15, -0.1) is 0 Å². The molecule has 1 aliphatic rings. The van der Waals surface area contributed by atoms with Crippen molar-refractivity contribution >= 4 is 11.6 Å². The van der Waals surface area contributed by atoms with Crippen LogP contribution in [0.5, 0.6) is 0 Å². The third-order valence-corrected chi connectivity index (χ3v) is 4.61. The van der Waals surface area contributed by atoms with E-state index in [9.17, 15) is 13.6 Å². The van der Waals surface area contributed by atoms with Crippen LogP contribution in [0.4, 0.5) is 14.5 Å². The molecule has 0 atom stereocenters. The summed E-state index contributed by atoms with van der Waals surface area (Å²) >= 11 is 0. The lowest BCUT2D eigenvalue weighted by atomic mass is 10.2.